The highest BCUT2D eigenvalue weighted by atomic mass is 32.2. The molecule has 0 bridgehead atoms. The van der Waals surface area contributed by atoms with Crippen molar-refractivity contribution in [1.82, 2.24) is 4.98 Å². The maximum Gasteiger partial charge on any atom is 0.123 e. The van der Waals surface area contributed by atoms with E-state index in [-0.39, 0.29) is 0 Å². The van der Waals surface area contributed by atoms with Gasteiger partial charge in [-0.05, 0) is 36.3 Å². The van der Waals surface area contributed by atoms with Gasteiger partial charge in [-0.3, -0.25) is 0 Å². The van der Waals surface area contributed by atoms with Crippen molar-refractivity contribution < 1.29 is 0 Å². The lowest BCUT2D eigenvalue weighted by Gasteiger charge is -2.07. The molecule has 1 saturated heterocycles. The Morgan fingerprint density at radius 2 is 2.50 bits per heavy atom. The highest BCUT2D eigenvalue weighted by Gasteiger charge is 2.17. The first-order valence-corrected chi connectivity index (χ1v) is 5.24. The second kappa shape index (κ2) is 3.35. The fourth-order valence-corrected chi connectivity index (χ4v) is 2.80. The fraction of sp³-hybridized carbons (Fsp3) is 0.444. The predicted octanol–water partition coefficient (Wildman–Crippen LogP) is 2.23. The van der Waals surface area contributed by atoms with Crippen molar-refractivity contribution >= 4 is 17.6 Å². The number of anilines is 1. The summed E-state index contributed by atoms with van der Waals surface area (Å²) < 4.78 is 0. The van der Waals surface area contributed by atoms with Gasteiger partial charge >= 0.3 is 0 Å². The Morgan fingerprint density at radius 3 is 3.17 bits per heavy atom. The van der Waals surface area contributed by atoms with Crippen LogP contribution in [0.25, 0.3) is 0 Å². The number of hydrogen-bond donors (Lipinski definition) is 1. The summed E-state index contributed by atoms with van der Waals surface area (Å²) in [5, 5.41) is 0.662. The van der Waals surface area contributed by atoms with Gasteiger partial charge < -0.3 is 5.73 Å². The Balaban J connectivity index is 2.21. The molecule has 1 aliphatic heterocycles. The van der Waals surface area contributed by atoms with Crippen LogP contribution in [0.3, 0.4) is 0 Å². The minimum atomic E-state index is 0.639. The van der Waals surface area contributed by atoms with E-state index in [1.165, 1.54) is 24.2 Å². The van der Waals surface area contributed by atoms with Crippen LogP contribution in [-0.2, 0) is 0 Å². The predicted molar refractivity (Wildman–Crippen MR) is 53.1 cm³/mol. The summed E-state index contributed by atoms with van der Waals surface area (Å²) in [6.45, 7) is 0. The molecule has 0 aliphatic carbocycles. The average Bonchev–Trinajstić information content (AvgIpc) is 2.56. The van der Waals surface area contributed by atoms with Crippen molar-refractivity contribution in [3.63, 3.8) is 0 Å². The first-order valence-electron chi connectivity index (χ1n) is 4.19. The fourth-order valence-electron chi connectivity index (χ4n) is 1.51. The highest BCUT2D eigenvalue weighted by molar-refractivity contribution is 7.99. The Hall–Kier alpha value is -0.700. The zero-order valence-corrected chi connectivity index (χ0v) is 7.68. The first kappa shape index (κ1) is 7.92. The van der Waals surface area contributed by atoms with E-state index in [1.807, 2.05) is 17.8 Å². The smallest absolute Gasteiger partial charge is 0.123 e. The Kier molecular flexibility index (Phi) is 2.21. The van der Waals surface area contributed by atoms with Crippen LogP contribution in [0.4, 0.5) is 5.82 Å². The summed E-state index contributed by atoms with van der Waals surface area (Å²) in [6, 6.07) is 4.06. The van der Waals surface area contributed by atoms with Crippen molar-refractivity contribution in [2.75, 3.05) is 11.5 Å². The minimum absolute atomic E-state index is 0.639. The number of rotatable bonds is 1. The van der Waals surface area contributed by atoms with E-state index in [0.717, 1.165) is 0 Å². The van der Waals surface area contributed by atoms with E-state index in [2.05, 4.69) is 11.1 Å². The molecule has 1 aromatic rings. The Labute approximate surface area is 76.6 Å². The second-order valence-electron chi connectivity index (χ2n) is 3.02. The third-order valence-electron chi connectivity index (χ3n) is 2.11. The zero-order valence-electron chi connectivity index (χ0n) is 6.86. The van der Waals surface area contributed by atoms with Gasteiger partial charge in [0.05, 0.1) is 0 Å². The van der Waals surface area contributed by atoms with Crippen LogP contribution in [0.2, 0.25) is 0 Å². The largest absolute Gasteiger partial charge is 0.384 e. The van der Waals surface area contributed by atoms with Crippen LogP contribution >= 0.6 is 11.8 Å². The summed E-state index contributed by atoms with van der Waals surface area (Å²) >= 11 is 2.02. The van der Waals surface area contributed by atoms with Crippen LogP contribution in [0.15, 0.2) is 18.3 Å². The molecule has 2 N–H and O–H groups in total. The Bertz CT molecular complexity index is 269. The van der Waals surface area contributed by atoms with Gasteiger partial charge in [0.2, 0.25) is 0 Å². The molecule has 1 aromatic heterocycles. The number of nitrogen functional groups attached to an aromatic ring is 1. The summed E-state index contributed by atoms with van der Waals surface area (Å²) in [5.74, 6) is 1.92. The SMILES string of the molecule is Nc1cc(C2CCCS2)ccn1. The normalized spacial score (nSPS) is 22.8. The molecule has 0 amide bonds. The topological polar surface area (TPSA) is 38.9 Å². The molecule has 0 spiro atoms. The molecule has 12 heavy (non-hydrogen) atoms. The van der Waals surface area contributed by atoms with Crippen LogP contribution in [0.5, 0.6) is 0 Å². The molecule has 1 fully saturated rings. The van der Waals surface area contributed by atoms with Crippen LogP contribution in [-0.4, -0.2) is 10.7 Å². The van der Waals surface area contributed by atoms with E-state index in [9.17, 15) is 0 Å². The van der Waals surface area contributed by atoms with Crippen molar-refractivity contribution in [2.45, 2.75) is 18.1 Å². The van der Waals surface area contributed by atoms with Gasteiger partial charge in [0.15, 0.2) is 0 Å². The van der Waals surface area contributed by atoms with Crippen molar-refractivity contribution in [2.24, 2.45) is 0 Å². The molecular formula is C9H12N2S. The van der Waals surface area contributed by atoms with E-state index >= 15 is 0 Å². The number of nitrogens with zero attached hydrogens (tertiary/aromatic N) is 1. The number of pyridine rings is 1. The molecule has 2 heterocycles. The zero-order chi connectivity index (χ0) is 8.39. The highest BCUT2D eigenvalue weighted by Crippen LogP contribution is 2.39. The van der Waals surface area contributed by atoms with Gasteiger partial charge in [-0.25, -0.2) is 4.98 Å². The van der Waals surface area contributed by atoms with Crippen molar-refractivity contribution in [3.8, 4) is 0 Å². The maximum absolute atomic E-state index is 5.61. The summed E-state index contributed by atoms with van der Waals surface area (Å²) in [4.78, 5) is 3.98. The number of thioether (sulfide) groups is 1. The van der Waals surface area contributed by atoms with Crippen molar-refractivity contribution in [3.05, 3.63) is 23.9 Å². The molecule has 64 valence electrons. The van der Waals surface area contributed by atoms with E-state index in [0.29, 0.717) is 11.1 Å². The van der Waals surface area contributed by atoms with Crippen molar-refractivity contribution in [1.29, 1.82) is 0 Å². The third-order valence-corrected chi connectivity index (χ3v) is 3.54. The molecule has 1 unspecified atom stereocenters. The second-order valence-corrected chi connectivity index (χ2v) is 4.33. The van der Waals surface area contributed by atoms with Gasteiger partial charge in [-0.1, -0.05) is 0 Å². The summed E-state index contributed by atoms with van der Waals surface area (Å²) in [6.07, 6.45) is 4.41. The van der Waals surface area contributed by atoms with Gasteiger partial charge in [0, 0.05) is 11.4 Å². The summed E-state index contributed by atoms with van der Waals surface area (Å²) in [5.41, 5.74) is 6.94. The molecule has 0 aromatic carbocycles. The quantitative estimate of drug-likeness (QED) is 0.720. The van der Waals surface area contributed by atoms with Crippen LogP contribution in [0, 0.1) is 0 Å². The number of nitrogens with two attached hydrogens (primary N) is 1. The third kappa shape index (κ3) is 1.55. The van der Waals surface area contributed by atoms with E-state index in [4.69, 9.17) is 5.73 Å². The molecular weight excluding hydrogens is 168 g/mol. The first-order chi connectivity index (χ1) is 5.86. The molecule has 2 rings (SSSR count). The van der Waals surface area contributed by atoms with Crippen LogP contribution < -0.4 is 5.73 Å². The molecule has 3 heteroatoms. The van der Waals surface area contributed by atoms with Crippen LogP contribution in [0.1, 0.15) is 23.7 Å². The maximum atomic E-state index is 5.61. The monoisotopic (exact) mass is 180 g/mol. The lowest BCUT2D eigenvalue weighted by molar-refractivity contribution is 0.828. The van der Waals surface area contributed by atoms with E-state index < -0.39 is 0 Å². The Morgan fingerprint density at radius 1 is 1.58 bits per heavy atom. The number of aromatic nitrogens is 1. The molecule has 0 radical (unpaired) electrons. The summed E-state index contributed by atoms with van der Waals surface area (Å²) in [7, 11) is 0. The molecule has 0 saturated carbocycles. The average molecular weight is 180 g/mol. The van der Waals surface area contributed by atoms with E-state index in [1.54, 1.807) is 6.20 Å². The van der Waals surface area contributed by atoms with Gasteiger partial charge in [0.1, 0.15) is 5.82 Å². The van der Waals surface area contributed by atoms with Gasteiger partial charge in [-0.15, -0.1) is 0 Å². The minimum Gasteiger partial charge on any atom is -0.384 e. The standard InChI is InChI=1S/C9H12N2S/c10-9-6-7(3-4-11-9)8-2-1-5-12-8/h3-4,6,8H,1-2,5H2,(H2,10,11). The molecule has 1 aliphatic rings. The lowest BCUT2D eigenvalue weighted by Crippen LogP contribution is -1.93. The molecule has 2 nitrogen and oxygen atoms in total. The van der Waals surface area contributed by atoms with Gasteiger partial charge in [-0.2, -0.15) is 11.8 Å². The lowest BCUT2D eigenvalue weighted by atomic mass is 10.1. The number of hydrogen-bond acceptors (Lipinski definition) is 3. The van der Waals surface area contributed by atoms with Gasteiger partial charge in [0.25, 0.3) is 0 Å². The molecule has 1 atom stereocenters.